The molecule has 0 aromatic rings. The topological polar surface area (TPSA) is 26.3 Å². The second-order valence-electron chi connectivity index (χ2n) is 2.49. The molecule has 0 fully saturated rings. The highest BCUT2D eigenvalue weighted by molar-refractivity contribution is 7.17. The molecule has 0 aromatic heterocycles. The molecule has 2 nitrogen and oxygen atoms in total. The van der Waals surface area contributed by atoms with Crippen LogP contribution in [0.2, 0.25) is 0 Å². The largest absolute Gasteiger partial charge is 0.327 e. The second kappa shape index (κ2) is 7.17. The molecule has 0 saturated heterocycles. The van der Waals surface area contributed by atoms with E-state index >= 15 is 0 Å². The molecule has 0 N–H and O–H groups in total. The van der Waals surface area contributed by atoms with Crippen LogP contribution in [0.1, 0.15) is 39.5 Å². The number of hydrogen-bond acceptors (Lipinski definition) is 2. The van der Waals surface area contributed by atoms with Gasteiger partial charge in [-0.05, 0) is 13.3 Å². The van der Waals surface area contributed by atoms with E-state index in [4.69, 9.17) is 4.52 Å². The van der Waals surface area contributed by atoms with Crippen molar-refractivity contribution in [2.45, 2.75) is 45.6 Å². The van der Waals surface area contributed by atoms with E-state index in [9.17, 15) is 4.57 Å². The number of rotatable bonds is 6. The predicted octanol–water partition coefficient (Wildman–Crippen LogP) is 3.18. The molecule has 0 aliphatic carbocycles. The first-order valence-electron chi connectivity index (χ1n) is 3.79. The summed E-state index contributed by atoms with van der Waals surface area (Å²) in [6, 6.07) is 0. The molecular weight excluding hydrogens is 147 g/mol. The molecule has 1 unspecified atom stereocenters. The first-order chi connectivity index (χ1) is 4.81. The lowest BCUT2D eigenvalue weighted by Crippen LogP contribution is -2.00. The van der Waals surface area contributed by atoms with Gasteiger partial charge < -0.3 is 0 Å². The lowest BCUT2D eigenvalue weighted by Gasteiger charge is -2.04. The van der Waals surface area contributed by atoms with Gasteiger partial charge in [0, 0.05) is 0 Å². The number of unbranched alkanes of at least 4 members (excludes halogenated alkanes) is 2. The highest BCUT2D eigenvalue weighted by Gasteiger charge is 1.99. The van der Waals surface area contributed by atoms with Gasteiger partial charge in [-0.2, -0.15) is 0 Å². The molecule has 0 rings (SSSR count). The van der Waals surface area contributed by atoms with Crippen molar-refractivity contribution in [1.82, 2.24) is 0 Å². The van der Waals surface area contributed by atoms with Crippen LogP contribution in [0, 0.1) is 0 Å². The summed E-state index contributed by atoms with van der Waals surface area (Å²) in [7, 11) is -0.191. The minimum absolute atomic E-state index is 0.144. The Bertz CT molecular complexity index is 85.7. The van der Waals surface area contributed by atoms with Crippen LogP contribution in [0.4, 0.5) is 0 Å². The molecule has 0 aromatic carbocycles. The van der Waals surface area contributed by atoms with E-state index in [1.165, 1.54) is 19.3 Å². The van der Waals surface area contributed by atoms with Crippen molar-refractivity contribution in [3.8, 4) is 0 Å². The Kier molecular flexibility index (Phi) is 7.21. The summed E-state index contributed by atoms with van der Waals surface area (Å²) in [5.41, 5.74) is 0. The second-order valence-corrected chi connectivity index (χ2v) is 2.85. The zero-order valence-electron chi connectivity index (χ0n) is 6.67. The zero-order valence-corrected chi connectivity index (χ0v) is 7.56. The lowest BCUT2D eigenvalue weighted by molar-refractivity contribution is 0.228. The Morgan fingerprint density at radius 2 is 2.20 bits per heavy atom. The average Bonchev–Trinajstić information content (AvgIpc) is 1.89. The van der Waals surface area contributed by atoms with Gasteiger partial charge in [0.15, 0.2) is 0 Å². The Hall–Kier alpha value is 0.0600. The van der Waals surface area contributed by atoms with Crippen molar-refractivity contribution in [3.05, 3.63) is 0 Å². The van der Waals surface area contributed by atoms with E-state index in [0.717, 1.165) is 6.42 Å². The molecule has 1 atom stereocenters. The Morgan fingerprint density at radius 3 is 2.70 bits per heavy atom. The van der Waals surface area contributed by atoms with Crippen LogP contribution in [0.3, 0.4) is 0 Å². The van der Waals surface area contributed by atoms with E-state index in [2.05, 4.69) is 6.92 Å². The van der Waals surface area contributed by atoms with Crippen molar-refractivity contribution in [3.63, 3.8) is 0 Å². The first kappa shape index (κ1) is 10.1. The van der Waals surface area contributed by atoms with Gasteiger partial charge in [-0.25, -0.2) is 4.57 Å². The Labute approximate surface area is 64.2 Å². The number of hydrogen-bond donors (Lipinski definition) is 0. The summed E-state index contributed by atoms with van der Waals surface area (Å²) in [4.78, 5) is 0. The Morgan fingerprint density at radius 1 is 1.50 bits per heavy atom. The predicted molar refractivity (Wildman–Crippen MR) is 42.3 cm³/mol. The summed E-state index contributed by atoms with van der Waals surface area (Å²) < 4.78 is 14.7. The molecule has 0 aliphatic heterocycles. The lowest BCUT2D eigenvalue weighted by atomic mass is 10.1. The van der Waals surface area contributed by atoms with Crippen molar-refractivity contribution < 1.29 is 9.09 Å². The Balaban J connectivity index is 3.04. The highest BCUT2D eigenvalue weighted by Crippen LogP contribution is 2.10. The minimum atomic E-state index is -0.191. The third-order valence-corrected chi connectivity index (χ3v) is 1.88. The van der Waals surface area contributed by atoms with Crippen LogP contribution in [0.15, 0.2) is 0 Å². The third kappa shape index (κ3) is 6.18. The summed E-state index contributed by atoms with van der Waals surface area (Å²) in [5.74, 6) is 0. The SMILES string of the molecule is CCCCCC(C)OP=O. The molecule has 10 heavy (non-hydrogen) atoms. The van der Waals surface area contributed by atoms with E-state index in [-0.39, 0.29) is 14.8 Å². The third-order valence-electron chi connectivity index (χ3n) is 1.44. The van der Waals surface area contributed by atoms with Crippen LogP contribution >= 0.6 is 8.69 Å². The standard InChI is InChI=1S/C7H15O2P/c1-3-4-5-6-7(2)9-10-8/h7H,3-6H2,1-2H3. The van der Waals surface area contributed by atoms with Gasteiger partial charge in [0.25, 0.3) is 0 Å². The fraction of sp³-hybridized carbons (Fsp3) is 1.00. The quantitative estimate of drug-likeness (QED) is 0.443. The molecule has 0 spiro atoms. The van der Waals surface area contributed by atoms with E-state index in [1.54, 1.807) is 0 Å². The van der Waals surface area contributed by atoms with Gasteiger partial charge in [-0.15, -0.1) is 0 Å². The smallest absolute Gasteiger partial charge is 0.291 e. The van der Waals surface area contributed by atoms with Crippen LogP contribution in [-0.2, 0) is 9.09 Å². The summed E-state index contributed by atoms with van der Waals surface area (Å²) >= 11 is 0. The normalized spacial score (nSPS) is 13.8. The fourth-order valence-corrected chi connectivity index (χ4v) is 1.06. The maximum absolute atomic E-state index is 9.92. The summed E-state index contributed by atoms with van der Waals surface area (Å²) in [6.07, 6.45) is 4.80. The summed E-state index contributed by atoms with van der Waals surface area (Å²) in [6.45, 7) is 4.11. The van der Waals surface area contributed by atoms with Gasteiger partial charge in [0.2, 0.25) is 0 Å². The molecule has 3 heteroatoms. The van der Waals surface area contributed by atoms with Crippen molar-refractivity contribution in [1.29, 1.82) is 0 Å². The van der Waals surface area contributed by atoms with Crippen LogP contribution < -0.4 is 0 Å². The van der Waals surface area contributed by atoms with Gasteiger partial charge in [0.05, 0.1) is 6.10 Å². The van der Waals surface area contributed by atoms with Gasteiger partial charge >= 0.3 is 8.69 Å². The molecular formula is C7H15O2P. The molecule has 60 valence electrons. The van der Waals surface area contributed by atoms with Crippen molar-refractivity contribution >= 4 is 8.69 Å². The molecule has 0 aliphatic rings. The monoisotopic (exact) mass is 162 g/mol. The first-order valence-corrected chi connectivity index (χ1v) is 4.52. The molecule has 0 bridgehead atoms. The van der Waals surface area contributed by atoms with E-state index in [1.807, 2.05) is 6.92 Å². The highest BCUT2D eigenvalue weighted by atomic mass is 31.1. The molecule has 0 radical (unpaired) electrons. The maximum Gasteiger partial charge on any atom is 0.327 e. The summed E-state index contributed by atoms with van der Waals surface area (Å²) in [5, 5.41) is 0. The maximum atomic E-state index is 9.92. The molecule has 0 amide bonds. The molecule has 0 saturated carbocycles. The van der Waals surface area contributed by atoms with Gasteiger partial charge in [-0.1, -0.05) is 26.2 Å². The molecule has 0 heterocycles. The van der Waals surface area contributed by atoms with E-state index in [0.29, 0.717) is 0 Å². The van der Waals surface area contributed by atoms with Gasteiger partial charge in [-0.3, -0.25) is 4.52 Å². The van der Waals surface area contributed by atoms with Crippen LogP contribution in [0.5, 0.6) is 0 Å². The van der Waals surface area contributed by atoms with Crippen molar-refractivity contribution in [2.75, 3.05) is 0 Å². The minimum Gasteiger partial charge on any atom is -0.291 e. The fourth-order valence-electron chi connectivity index (χ4n) is 0.808. The van der Waals surface area contributed by atoms with Crippen LogP contribution in [0.25, 0.3) is 0 Å². The van der Waals surface area contributed by atoms with Gasteiger partial charge in [0.1, 0.15) is 0 Å². The van der Waals surface area contributed by atoms with E-state index < -0.39 is 0 Å². The zero-order chi connectivity index (χ0) is 7.82. The van der Waals surface area contributed by atoms with Crippen LogP contribution in [-0.4, -0.2) is 6.10 Å². The van der Waals surface area contributed by atoms with Crippen molar-refractivity contribution in [2.24, 2.45) is 0 Å². The average molecular weight is 162 g/mol.